The molecule has 0 N–H and O–H groups in total. The van der Waals surface area contributed by atoms with E-state index in [1.807, 2.05) is 6.08 Å². The second-order valence-corrected chi connectivity index (χ2v) is 11.7. The highest BCUT2D eigenvalue weighted by molar-refractivity contribution is 9.10. The van der Waals surface area contributed by atoms with Gasteiger partial charge in [-0.1, -0.05) is 96.5 Å². The molecule has 0 spiro atoms. The second kappa shape index (κ2) is 9.87. The lowest BCUT2D eigenvalue weighted by Crippen LogP contribution is -2.29. The van der Waals surface area contributed by atoms with Gasteiger partial charge in [-0.05, 0) is 84.2 Å². The Morgan fingerprint density at radius 2 is 1.38 bits per heavy atom. The van der Waals surface area contributed by atoms with Crippen LogP contribution < -0.4 is 0 Å². The fourth-order valence-corrected chi connectivity index (χ4v) is 5.91. The lowest BCUT2D eigenvalue weighted by atomic mass is 9.67. The van der Waals surface area contributed by atoms with Gasteiger partial charge in [0.15, 0.2) is 0 Å². The summed E-state index contributed by atoms with van der Waals surface area (Å²) in [6.45, 7) is 13.2. The van der Waals surface area contributed by atoms with E-state index in [-0.39, 0.29) is 10.8 Å². The van der Waals surface area contributed by atoms with Crippen LogP contribution in [0.15, 0.2) is 94.4 Å². The maximum Gasteiger partial charge on any atom is 0.0541 e. The first-order valence-electron chi connectivity index (χ1n) is 12.0. The summed E-state index contributed by atoms with van der Waals surface area (Å²) >= 11 is 7.31. The number of aromatic nitrogens is 1. The molecule has 0 saturated carbocycles. The van der Waals surface area contributed by atoms with E-state index < -0.39 is 0 Å². The summed E-state index contributed by atoms with van der Waals surface area (Å²) in [6, 6.07) is 22.3. The lowest BCUT2D eigenvalue weighted by molar-refractivity contribution is 0.264. The summed E-state index contributed by atoms with van der Waals surface area (Å²) in [6.07, 6.45) is 9.62. The molecule has 1 nitrogen and oxygen atoms in total. The molecule has 1 heterocycles. The Bertz CT molecular complexity index is 1300. The molecule has 3 heteroatoms. The fourth-order valence-electron chi connectivity index (χ4n) is 5.18. The Hall–Kier alpha value is -2.10. The van der Waals surface area contributed by atoms with E-state index >= 15 is 0 Å². The van der Waals surface area contributed by atoms with E-state index in [4.69, 9.17) is 0 Å². The topological polar surface area (TPSA) is 4.93 Å². The van der Waals surface area contributed by atoms with Crippen LogP contribution in [-0.4, -0.2) is 4.57 Å². The van der Waals surface area contributed by atoms with E-state index in [1.165, 1.54) is 33.1 Å². The molecule has 3 aromatic carbocycles. The quantitative estimate of drug-likeness (QED) is 0.183. The SMILES string of the molecule is C=C/C=C/C(C)(CC)CC(C)(CC)c1ccc(-n2c3ccc(Br)cc3c3cc(Br)ccc32)cc1. The maximum atomic E-state index is 3.87. The van der Waals surface area contributed by atoms with Crippen molar-refractivity contribution in [2.24, 2.45) is 5.41 Å². The van der Waals surface area contributed by atoms with Gasteiger partial charge in [-0.15, -0.1) is 0 Å². The van der Waals surface area contributed by atoms with Crippen LogP contribution in [0.2, 0.25) is 0 Å². The van der Waals surface area contributed by atoms with Gasteiger partial charge < -0.3 is 4.57 Å². The average molecular weight is 579 g/mol. The molecule has 0 bridgehead atoms. The van der Waals surface area contributed by atoms with Crippen molar-refractivity contribution in [3.8, 4) is 5.69 Å². The van der Waals surface area contributed by atoms with Crippen LogP contribution in [0.5, 0.6) is 0 Å². The smallest absolute Gasteiger partial charge is 0.0541 e. The molecule has 2 unspecified atom stereocenters. The Balaban J connectivity index is 1.79. The predicted octanol–water partition coefficient (Wildman–Crippen LogP) is 10.5. The number of rotatable bonds is 8. The van der Waals surface area contributed by atoms with Crippen molar-refractivity contribution in [3.05, 3.63) is 100.0 Å². The highest BCUT2D eigenvalue weighted by atomic mass is 79.9. The summed E-state index contributed by atoms with van der Waals surface area (Å²) < 4.78 is 4.56. The highest BCUT2D eigenvalue weighted by Crippen LogP contribution is 2.43. The summed E-state index contributed by atoms with van der Waals surface area (Å²) in [5, 5.41) is 2.50. The third-order valence-electron chi connectivity index (χ3n) is 7.53. The number of nitrogens with zero attached hydrogens (tertiary/aromatic N) is 1. The zero-order valence-corrected chi connectivity index (χ0v) is 23.7. The highest BCUT2D eigenvalue weighted by Gasteiger charge is 2.33. The number of hydrogen-bond acceptors (Lipinski definition) is 0. The number of allylic oxidation sites excluding steroid dienone is 3. The molecule has 176 valence electrons. The van der Waals surface area contributed by atoms with Gasteiger partial charge in [-0.25, -0.2) is 0 Å². The first-order chi connectivity index (χ1) is 16.2. The molecule has 0 aliphatic heterocycles. The Morgan fingerprint density at radius 3 is 1.85 bits per heavy atom. The molecule has 0 saturated heterocycles. The predicted molar refractivity (Wildman–Crippen MR) is 156 cm³/mol. The largest absolute Gasteiger partial charge is 0.309 e. The minimum atomic E-state index is 0.103. The summed E-state index contributed by atoms with van der Waals surface area (Å²) in [4.78, 5) is 0. The molecular weight excluding hydrogens is 546 g/mol. The first-order valence-corrected chi connectivity index (χ1v) is 13.6. The monoisotopic (exact) mass is 577 g/mol. The van der Waals surface area contributed by atoms with Gasteiger partial charge in [-0.2, -0.15) is 0 Å². The minimum absolute atomic E-state index is 0.103. The van der Waals surface area contributed by atoms with E-state index in [0.717, 1.165) is 28.2 Å². The first kappa shape index (κ1) is 25.0. The normalized spacial score (nSPS) is 15.6. The van der Waals surface area contributed by atoms with E-state index in [1.54, 1.807) is 0 Å². The van der Waals surface area contributed by atoms with Gasteiger partial charge in [0.05, 0.1) is 11.0 Å². The third-order valence-corrected chi connectivity index (χ3v) is 8.51. The van der Waals surface area contributed by atoms with Gasteiger partial charge >= 0.3 is 0 Å². The summed E-state index contributed by atoms with van der Waals surface area (Å²) in [5.74, 6) is 0. The number of halogens is 2. The molecule has 2 atom stereocenters. The van der Waals surface area contributed by atoms with E-state index in [9.17, 15) is 0 Å². The average Bonchev–Trinajstić information content (AvgIpc) is 3.15. The van der Waals surface area contributed by atoms with E-state index in [2.05, 4.69) is 144 Å². The zero-order chi connectivity index (χ0) is 24.5. The fraction of sp³-hybridized carbons (Fsp3) is 0.290. The van der Waals surface area contributed by atoms with Crippen LogP contribution in [0.1, 0.15) is 52.5 Å². The van der Waals surface area contributed by atoms with Crippen LogP contribution in [0.25, 0.3) is 27.5 Å². The van der Waals surface area contributed by atoms with Gasteiger partial charge in [-0.3, -0.25) is 0 Å². The number of fused-ring (bicyclic) bond motifs is 3. The van der Waals surface area contributed by atoms with Crippen molar-refractivity contribution in [2.45, 2.75) is 52.4 Å². The lowest BCUT2D eigenvalue weighted by Gasteiger charge is -2.38. The Labute approximate surface area is 220 Å². The molecule has 1 aromatic heterocycles. The van der Waals surface area contributed by atoms with Gasteiger partial charge in [0, 0.05) is 25.4 Å². The van der Waals surface area contributed by atoms with Crippen molar-refractivity contribution in [1.29, 1.82) is 0 Å². The van der Waals surface area contributed by atoms with Crippen molar-refractivity contribution >= 4 is 53.7 Å². The van der Waals surface area contributed by atoms with Crippen LogP contribution in [0, 0.1) is 5.41 Å². The van der Waals surface area contributed by atoms with Crippen LogP contribution >= 0.6 is 31.9 Å². The molecule has 4 aromatic rings. The Morgan fingerprint density at radius 1 is 0.824 bits per heavy atom. The van der Waals surface area contributed by atoms with Crippen LogP contribution in [0.4, 0.5) is 0 Å². The summed E-state index contributed by atoms with van der Waals surface area (Å²) in [7, 11) is 0. The van der Waals surface area contributed by atoms with E-state index in [0.29, 0.717) is 0 Å². The Kier molecular flexibility index (Phi) is 7.26. The van der Waals surface area contributed by atoms with Crippen molar-refractivity contribution in [2.75, 3.05) is 0 Å². The standard InChI is InChI=1S/C31H33Br2N/c1-6-9-18-30(4,7-2)21-31(5,8-3)22-10-14-25(15-11-22)34-28-16-12-23(32)19-26(28)27-20-24(33)13-17-29(27)34/h6,9-20H,1,7-8,21H2,2-5H3/b18-9+. The molecule has 0 fully saturated rings. The van der Waals surface area contributed by atoms with Crippen LogP contribution in [0.3, 0.4) is 0 Å². The molecule has 0 radical (unpaired) electrons. The number of benzene rings is 3. The van der Waals surface area contributed by atoms with Gasteiger partial charge in [0.2, 0.25) is 0 Å². The minimum Gasteiger partial charge on any atom is -0.309 e. The zero-order valence-electron chi connectivity index (χ0n) is 20.5. The number of hydrogen-bond donors (Lipinski definition) is 0. The molecule has 0 amide bonds. The maximum absolute atomic E-state index is 3.87. The second-order valence-electron chi connectivity index (χ2n) is 9.90. The van der Waals surface area contributed by atoms with Crippen LogP contribution in [-0.2, 0) is 5.41 Å². The van der Waals surface area contributed by atoms with Crippen molar-refractivity contribution in [3.63, 3.8) is 0 Å². The third kappa shape index (κ3) is 4.70. The molecule has 34 heavy (non-hydrogen) atoms. The van der Waals surface area contributed by atoms with Crippen molar-refractivity contribution < 1.29 is 0 Å². The molecule has 0 aliphatic rings. The van der Waals surface area contributed by atoms with Crippen molar-refractivity contribution in [1.82, 2.24) is 4.57 Å². The molecule has 0 aliphatic carbocycles. The van der Waals surface area contributed by atoms with Gasteiger partial charge in [0.1, 0.15) is 0 Å². The summed E-state index contributed by atoms with van der Waals surface area (Å²) in [5.41, 5.74) is 5.27. The molecular formula is C31H33Br2N. The molecule has 4 rings (SSSR count). The van der Waals surface area contributed by atoms with Gasteiger partial charge in [0.25, 0.3) is 0 Å².